The summed E-state index contributed by atoms with van der Waals surface area (Å²) in [7, 11) is 0. The Kier molecular flexibility index (Phi) is 1.60. The molecule has 0 bridgehead atoms. The van der Waals surface area contributed by atoms with E-state index in [4.69, 9.17) is 11.0 Å². The van der Waals surface area contributed by atoms with Crippen LogP contribution in [0.1, 0.15) is 11.1 Å². The van der Waals surface area contributed by atoms with E-state index in [2.05, 4.69) is 5.32 Å². The van der Waals surface area contributed by atoms with Crippen molar-refractivity contribution in [3.63, 3.8) is 0 Å². The first-order valence-corrected chi connectivity index (χ1v) is 4.20. The molecule has 0 unspecified atom stereocenters. The Labute approximate surface area is 81.3 Å². The fraction of sp³-hybridized carbons (Fsp3) is 0.200. The highest BCUT2D eigenvalue weighted by Crippen LogP contribution is 2.33. The second-order valence-corrected chi connectivity index (χ2v) is 3.42. The molecule has 0 radical (unpaired) electrons. The lowest BCUT2D eigenvalue weighted by Gasteiger charge is -2.11. The Morgan fingerprint density at radius 3 is 2.93 bits per heavy atom. The molecule has 0 saturated heterocycles. The molecule has 0 aromatic heterocycles. The standard InChI is InChI=1S/C10H9N3O/c1-6-2-3-7-8(4-6)13-9(14)10(7,12)5-11/h2-4H,12H2,1H3,(H,13,14)/t10-/m1/s1. The van der Waals surface area contributed by atoms with E-state index >= 15 is 0 Å². The Hall–Kier alpha value is -1.86. The third-order valence-electron chi connectivity index (χ3n) is 2.38. The number of benzene rings is 1. The molecule has 2 rings (SSSR count). The molecule has 1 aromatic carbocycles. The van der Waals surface area contributed by atoms with Crippen LogP contribution in [0.15, 0.2) is 18.2 Å². The predicted octanol–water partition coefficient (Wildman–Crippen LogP) is 0.625. The lowest BCUT2D eigenvalue weighted by molar-refractivity contribution is -0.118. The van der Waals surface area contributed by atoms with E-state index in [-0.39, 0.29) is 0 Å². The van der Waals surface area contributed by atoms with Crippen molar-refractivity contribution in [1.29, 1.82) is 5.26 Å². The molecular formula is C10H9N3O. The van der Waals surface area contributed by atoms with Crippen molar-refractivity contribution in [2.45, 2.75) is 12.5 Å². The number of anilines is 1. The van der Waals surface area contributed by atoms with Crippen molar-refractivity contribution in [2.75, 3.05) is 5.32 Å². The second kappa shape index (κ2) is 2.56. The lowest BCUT2D eigenvalue weighted by atomic mass is 9.94. The van der Waals surface area contributed by atoms with Crippen LogP contribution in [-0.4, -0.2) is 5.91 Å². The highest BCUT2D eigenvalue weighted by Gasteiger charge is 2.43. The first-order valence-electron chi connectivity index (χ1n) is 4.20. The molecular weight excluding hydrogens is 178 g/mol. The van der Waals surface area contributed by atoms with Crippen molar-refractivity contribution in [1.82, 2.24) is 0 Å². The number of carbonyl (C=O) groups is 1. The van der Waals surface area contributed by atoms with Crippen molar-refractivity contribution < 1.29 is 4.79 Å². The van der Waals surface area contributed by atoms with Gasteiger partial charge in [-0.1, -0.05) is 12.1 Å². The molecule has 1 atom stereocenters. The molecule has 1 amide bonds. The zero-order valence-corrected chi connectivity index (χ0v) is 7.66. The molecule has 4 nitrogen and oxygen atoms in total. The first-order chi connectivity index (χ1) is 6.58. The average Bonchev–Trinajstić information content (AvgIpc) is 2.39. The third-order valence-corrected chi connectivity index (χ3v) is 2.38. The Balaban J connectivity index is 2.66. The summed E-state index contributed by atoms with van der Waals surface area (Å²) in [4.78, 5) is 11.4. The Morgan fingerprint density at radius 2 is 2.29 bits per heavy atom. The van der Waals surface area contributed by atoms with Crippen LogP contribution in [0.2, 0.25) is 0 Å². The number of aryl methyl sites for hydroxylation is 1. The summed E-state index contributed by atoms with van der Waals surface area (Å²) >= 11 is 0. The van der Waals surface area contributed by atoms with Gasteiger partial charge in [-0.05, 0) is 18.6 Å². The van der Waals surface area contributed by atoms with Crippen LogP contribution in [0.3, 0.4) is 0 Å². The van der Waals surface area contributed by atoms with Crippen molar-refractivity contribution >= 4 is 11.6 Å². The number of hydrogen-bond acceptors (Lipinski definition) is 3. The fourth-order valence-corrected chi connectivity index (χ4v) is 1.56. The van der Waals surface area contributed by atoms with Crippen molar-refractivity contribution in [2.24, 2.45) is 5.73 Å². The number of nitrogens with one attached hydrogen (secondary N) is 1. The van der Waals surface area contributed by atoms with Crippen LogP contribution in [0.4, 0.5) is 5.69 Å². The summed E-state index contributed by atoms with van der Waals surface area (Å²) in [6.45, 7) is 1.91. The maximum Gasteiger partial charge on any atom is 0.264 e. The summed E-state index contributed by atoms with van der Waals surface area (Å²) < 4.78 is 0. The third kappa shape index (κ3) is 0.932. The number of rotatable bonds is 0. The van der Waals surface area contributed by atoms with E-state index in [9.17, 15) is 4.79 Å². The van der Waals surface area contributed by atoms with Gasteiger partial charge in [-0.3, -0.25) is 4.79 Å². The van der Waals surface area contributed by atoms with Crippen LogP contribution in [0.25, 0.3) is 0 Å². The fourth-order valence-electron chi connectivity index (χ4n) is 1.56. The number of amides is 1. The summed E-state index contributed by atoms with van der Waals surface area (Å²) in [5, 5.41) is 11.5. The number of hydrogen-bond donors (Lipinski definition) is 2. The minimum Gasteiger partial charge on any atom is -0.323 e. The highest BCUT2D eigenvalue weighted by molar-refractivity contribution is 6.07. The largest absolute Gasteiger partial charge is 0.323 e. The van der Waals surface area contributed by atoms with Gasteiger partial charge in [0.1, 0.15) is 0 Å². The van der Waals surface area contributed by atoms with Gasteiger partial charge in [0.05, 0.1) is 6.07 Å². The number of nitrogens with two attached hydrogens (primary N) is 1. The van der Waals surface area contributed by atoms with Gasteiger partial charge in [-0.15, -0.1) is 0 Å². The van der Waals surface area contributed by atoms with Crippen LogP contribution in [0, 0.1) is 18.3 Å². The average molecular weight is 187 g/mol. The van der Waals surface area contributed by atoms with Gasteiger partial charge in [0.2, 0.25) is 5.54 Å². The van der Waals surface area contributed by atoms with E-state index in [1.165, 1.54) is 0 Å². The van der Waals surface area contributed by atoms with Gasteiger partial charge in [0.25, 0.3) is 5.91 Å². The molecule has 1 aliphatic rings. The van der Waals surface area contributed by atoms with E-state index in [1.807, 2.05) is 19.1 Å². The van der Waals surface area contributed by atoms with E-state index in [0.29, 0.717) is 11.3 Å². The lowest BCUT2D eigenvalue weighted by Crippen LogP contribution is -2.41. The quantitative estimate of drug-likeness (QED) is 0.625. The van der Waals surface area contributed by atoms with Gasteiger partial charge in [0, 0.05) is 11.3 Å². The molecule has 1 aliphatic heterocycles. The molecule has 3 N–H and O–H groups in total. The molecule has 0 aliphatic carbocycles. The number of carbonyl (C=O) groups excluding carboxylic acids is 1. The summed E-state index contributed by atoms with van der Waals surface area (Å²) in [6.07, 6.45) is 0. The van der Waals surface area contributed by atoms with E-state index in [1.54, 1.807) is 12.1 Å². The molecule has 0 spiro atoms. The van der Waals surface area contributed by atoms with Crippen molar-refractivity contribution in [3.05, 3.63) is 29.3 Å². The predicted molar refractivity (Wildman–Crippen MR) is 51.3 cm³/mol. The summed E-state index contributed by atoms with van der Waals surface area (Å²) in [6, 6.07) is 7.18. The SMILES string of the molecule is Cc1ccc2c(c1)NC(=O)[C@@]2(N)C#N. The smallest absolute Gasteiger partial charge is 0.264 e. The molecule has 0 fully saturated rings. The molecule has 70 valence electrons. The number of nitriles is 1. The van der Waals surface area contributed by atoms with Gasteiger partial charge in [0.15, 0.2) is 0 Å². The second-order valence-electron chi connectivity index (χ2n) is 3.42. The normalized spacial score (nSPS) is 23.9. The van der Waals surface area contributed by atoms with Crippen LogP contribution in [0.5, 0.6) is 0 Å². The molecule has 1 aromatic rings. The number of fused-ring (bicyclic) bond motifs is 1. The van der Waals surface area contributed by atoms with Gasteiger partial charge in [-0.2, -0.15) is 5.26 Å². The van der Waals surface area contributed by atoms with Crippen LogP contribution >= 0.6 is 0 Å². The zero-order chi connectivity index (χ0) is 10.3. The van der Waals surface area contributed by atoms with Gasteiger partial charge >= 0.3 is 0 Å². The first kappa shape index (κ1) is 8.73. The molecule has 14 heavy (non-hydrogen) atoms. The van der Waals surface area contributed by atoms with Gasteiger partial charge < -0.3 is 11.1 Å². The zero-order valence-electron chi connectivity index (χ0n) is 7.66. The molecule has 0 saturated carbocycles. The van der Waals surface area contributed by atoms with Crippen molar-refractivity contribution in [3.8, 4) is 6.07 Å². The minimum absolute atomic E-state index is 0.458. The van der Waals surface area contributed by atoms with Gasteiger partial charge in [-0.25, -0.2) is 0 Å². The number of nitrogens with zero attached hydrogens (tertiary/aromatic N) is 1. The molecule has 4 heteroatoms. The van der Waals surface area contributed by atoms with E-state index in [0.717, 1.165) is 5.56 Å². The summed E-state index contributed by atoms with van der Waals surface area (Å²) in [5.41, 5.74) is 6.37. The Bertz CT molecular complexity index is 461. The monoisotopic (exact) mass is 187 g/mol. The maximum absolute atomic E-state index is 11.4. The molecule has 1 heterocycles. The topological polar surface area (TPSA) is 78.9 Å². The maximum atomic E-state index is 11.4. The highest BCUT2D eigenvalue weighted by atomic mass is 16.2. The minimum atomic E-state index is -1.52. The van der Waals surface area contributed by atoms with Crippen LogP contribution in [-0.2, 0) is 10.3 Å². The van der Waals surface area contributed by atoms with Crippen LogP contribution < -0.4 is 11.1 Å². The van der Waals surface area contributed by atoms with E-state index < -0.39 is 11.4 Å². The Morgan fingerprint density at radius 1 is 1.57 bits per heavy atom. The summed E-state index contributed by atoms with van der Waals surface area (Å²) in [5.74, 6) is -0.458.